The van der Waals surface area contributed by atoms with Crippen molar-refractivity contribution in [2.45, 2.75) is 25.8 Å². The number of carboxylic acids is 1. The van der Waals surface area contributed by atoms with Crippen molar-refractivity contribution >= 4 is 11.9 Å². The van der Waals surface area contributed by atoms with Crippen LogP contribution >= 0.6 is 0 Å². The topological polar surface area (TPSA) is 66.8 Å². The lowest BCUT2D eigenvalue weighted by Crippen LogP contribution is -2.38. The maximum Gasteiger partial charge on any atom is 0.308 e. The first-order valence-corrected chi connectivity index (χ1v) is 6.89. The Morgan fingerprint density at radius 2 is 2.24 bits per heavy atom. The number of likely N-dealkylation sites (tertiary alicyclic amines) is 1. The van der Waals surface area contributed by atoms with E-state index in [-0.39, 0.29) is 25.0 Å². The Bertz CT molecular complexity index is 534. The van der Waals surface area contributed by atoms with Crippen LogP contribution < -0.4 is 4.74 Å². The summed E-state index contributed by atoms with van der Waals surface area (Å²) >= 11 is 0. The van der Waals surface area contributed by atoms with Crippen LogP contribution in [-0.2, 0) is 9.59 Å². The molecule has 114 valence electrons. The maximum atomic E-state index is 13.0. The van der Waals surface area contributed by atoms with Gasteiger partial charge in [-0.15, -0.1) is 0 Å². The summed E-state index contributed by atoms with van der Waals surface area (Å²) in [7, 11) is 0. The van der Waals surface area contributed by atoms with Gasteiger partial charge < -0.3 is 14.7 Å². The Morgan fingerprint density at radius 3 is 2.86 bits per heavy atom. The molecular weight excluding hydrogens is 277 g/mol. The monoisotopic (exact) mass is 295 g/mol. The van der Waals surface area contributed by atoms with Gasteiger partial charge in [-0.05, 0) is 25.5 Å². The minimum atomic E-state index is -0.867. The highest BCUT2D eigenvalue weighted by Crippen LogP contribution is 2.25. The first-order valence-electron chi connectivity index (χ1n) is 6.89. The molecule has 2 unspecified atom stereocenters. The van der Waals surface area contributed by atoms with Gasteiger partial charge >= 0.3 is 5.97 Å². The molecule has 2 rings (SSSR count). The maximum absolute atomic E-state index is 13.0. The zero-order chi connectivity index (χ0) is 15.4. The molecule has 5 nitrogen and oxygen atoms in total. The van der Waals surface area contributed by atoms with Crippen molar-refractivity contribution in [2.75, 3.05) is 13.2 Å². The lowest BCUT2D eigenvalue weighted by Gasteiger charge is -2.23. The third-order valence-corrected chi connectivity index (χ3v) is 3.77. The van der Waals surface area contributed by atoms with Crippen molar-refractivity contribution in [1.82, 2.24) is 4.90 Å². The highest BCUT2D eigenvalue weighted by Gasteiger charge is 2.37. The molecule has 0 radical (unpaired) electrons. The van der Waals surface area contributed by atoms with Gasteiger partial charge in [-0.25, -0.2) is 4.39 Å². The number of nitrogens with zero attached hydrogens (tertiary/aromatic N) is 1. The molecule has 21 heavy (non-hydrogen) atoms. The highest BCUT2D eigenvalue weighted by atomic mass is 19.1. The summed E-state index contributed by atoms with van der Waals surface area (Å²) in [4.78, 5) is 24.7. The number of hydrogen-bond acceptors (Lipinski definition) is 3. The van der Waals surface area contributed by atoms with Crippen LogP contribution in [0.25, 0.3) is 0 Å². The number of hydrogen-bond donors (Lipinski definition) is 1. The van der Waals surface area contributed by atoms with Crippen molar-refractivity contribution in [2.24, 2.45) is 5.92 Å². The lowest BCUT2D eigenvalue weighted by atomic mass is 10.0. The summed E-state index contributed by atoms with van der Waals surface area (Å²) in [6.07, 6.45) is 0.625. The molecule has 1 aliphatic heterocycles. The molecule has 1 saturated heterocycles. The van der Waals surface area contributed by atoms with Crippen molar-refractivity contribution < 1.29 is 23.8 Å². The van der Waals surface area contributed by atoms with Crippen molar-refractivity contribution in [1.29, 1.82) is 0 Å². The summed E-state index contributed by atoms with van der Waals surface area (Å²) in [5, 5.41) is 9.04. The van der Waals surface area contributed by atoms with Gasteiger partial charge in [-0.1, -0.05) is 6.07 Å². The molecule has 0 bridgehead atoms. The number of aliphatic carboxylic acids is 1. The van der Waals surface area contributed by atoms with Crippen LogP contribution in [0.1, 0.15) is 19.8 Å². The number of carboxylic acid groups (broad SMARTS) is 1. The highest BCUT2D eigenvalue weighted by molar-refractivity contribution is 5.79. The molecule has 1 N–H and O–H groups in total. The van der Waals surface area contributed by atoms with Crippen LogP contribution in [0.4, 0.5) is 4.39 Å². The van der Waals surface area contributed by atoms with Gasteiger partial charge in [-0.2, -0.15) is 0 Å². The number of carbonyl (C=O) groups is 2. The Balaban J connectivity index is 1.81. The summed E-state index contributed by atoms with van der Waals surface area (Å²) < 4.78 is 18.3. The first kappa shape index (κ1) is 15.3. The zero-order valence-electron chi connectivity index (χ0n) is 11.8. The first-order chi connectivity index (χ1) is 9.99. The van der Waals surface area contributed by atoms with E-state index in [1.165, 1.54) is 18.2 Å². The third-order valence-electron chi connectivity index (χ3n) is 3.77. The number of amides is 1. The molecular formula is C15H18FNO4. The standard InChI is InChI=1S/C15H18FNO4/c1-10-13(15(19)20)5-7-17(10)14(18)6-8-21-12-4-2-3-11(16)9-12/h2-4,9-10,13H,5-8H2,1H3,(H,19,20). The normalized spacial score (nSPS) is 21.3. The molecule has 6 heteroatoms. The Morgan fingerprint density at radius 1 is 1.48 bits per heavy atom. The fourth-order valence-corrected chi connectivity index (χ4v) is 2.58. The van der Waals surface area contributed by atoms with Gasteiger partial charge in [0.1, 0.15) is 11.6 Å². The summed E-state index contributed by atoms with van der Waals surface area (Å²) in [5.41, 5.74) is 0. The minimum absolute atomic E-state index is 0.136. The van der Waals surface area contributed by atoms with Crippen LogP contribution in [0.15, 0.2) is 24.3 Å². The molecule has 1 heterocycles. The average Bonchev–Trinajstić information content (AvgIpc) is 2.80. The largest absolute Gasteiger partial charge is 0.493 e. The van der Waals surface area contributed by atoms with Crippen LogP contribution in [-0.4, -0.2) is 41.1 Å². The number of carbonyl (C=O) groups excluding carboxylic acids is 1. The van der Waals surface area contributed by atoms with Crippen LogP contribution in [0.2, 0.25) is 0 Å². The Hall–Kier alpha value is -2.11. The quantitative estimate of drug-likeness (QED) is 0.901. The van der Waals surface area contributed by atoms with Crippen LogP contribution in [0.5, 0.6) is 5.75 Å². The summed E-state index contributed by atoms with van der Waals surface area (Å²) in [6, 6.07) is 5.42. The second kappa shape index (κ2) is 6.56. The van der Waals surface area contributed by atoms with E-state index in [1.807, 2.05) is 0 Å². The molecule has 1 aromatic carbocycles. The third kappa shape index (κ3) is 3.71. The summed E-state index contributed by atoms with van der Waals surface area (Å²) in [6.45, 7) is 2.34. The van der Waals surface area contributed by atoms with E-state index in [9.17, 15) is 14.0 Å². The van der Waals surface area contributed by atoms with Gasteiger partial charge in [0, 0.05) is 18.7 Å². The molecule has 1 fully saturated rings. The van der Waals surface area contributed by atoms with E-state index >= 15 is 0 Å². The second-order valence-electron chi connectivity index (χ2n) is 5.12. The van der Waals surface area contributed by atoms with Gasteiger partial charge in [0.2, 0.25) is 5.91 Å². The molecule has 2 atom stereocenters. The SMILES string of the molecule is CC1C(C(=O)O)CCN1C(=O)CCOc1cccc(F)c1. The molecule has 1 amide bonds. The van der Waals surface area contributed by atoms with Crippen LogP contribution in [0, 0.1) is 11.7 Å². The fraction of sp³-hybridized carbons (Fsp3) is 0.467. The van der Waals surface area contributed by atoms with Gasteiger partial charge in [0.15, 0.2) is 0 Å². The van der Waals surface area contributed by atoms with Crippen molar-refractivity contribution in [3.8, 4) is 5.75 Å². The minimum Gasteiger partial charge on any atom is -0.493 e. The number of rotatable bonds is 5. The van der Waals surface area contributed by atoms with E-state index in [0.29, 0.717) is 18.7 Å². The molecule has 1 aliphatic rings. The Labute approximate surface area is 122 Å². The van der Waals surface area contributed by atoms with Crippen molar-refractivity contribution in [3.05, 3.63) is 30.1 Å². The van der Waals surface area contributed by atoms with E-state index in [0.717, 1.165) is 0 Å². The molecule has 0 aliphatic carbocycles. The van der Waals surface area contributed by atoms with Gasteiger partial charge in [0.05, 0.1) is 18.9 Å². The van der Waals surface area contributed by atoms with E-state index in [1.54, 1.807) is 17.9 Å². The average molecular weight is 295 g/mol. The second-order valence-corrected chi connectivity index (χ2v) is 5.12. The van der Waals surface area contributed by atoms with Crippen molar-refractivity contribution in [3.63, 3.8) is 0 Å². The predicted molar refractivity (Wildman–Crippen MR) is 73.4 cm³/mol. The molecule has 1 aromatic rings. The lowest BCUT2D eigenvalue weighted by molar-refractivity contribution is -0.143. The van der Waals surface area contributed by atoms with E-state index in [2.05, 4.69) is 0 Å². The number of halogens is 1. The molecule has 0 saturated carbocycles. The van der Waals surface area contributed by atoms with Gasteiger partial charge in [-0.3, -0.25) is 9.59 Å². The van der Waals surface area contributed by atoms with Crippen LogP contribution in [0.3, 0.4) is 0 Å². The fourth-order valence-electron chi connectivity index (χ4n) is 2.58. The Kier molecular flexibility index (Phi) is 4.77. The zero-order valence-corrected chi connectivity index (χ0v) is 11.8. The van der Waals surface area contributed by atoms with E-state index in [4.69, 9.17) is 9.84 Å². The van der Waals surface area contributed by atoms with Gasteiger partial charge in [0.25, 0.3) is 0 Å². The predicted octanol–water partition coefficient (Wildman–Crippen LogP) is 1.92. The smallest absolute Gasteiger partial charge is 0.308 e. The summed E-state index contributed by atoms with van der Waals surface area (Å²) in [5.74, 6) is -1.52. The molecule has 0 spiro atoms. The number of benzene rings is 1. The molecule has 0 aromatic heterocycles. The number of ether oxygens (including phenoxy) is 1. The van der Waals surface area contributed by atoms with E-state index < -0.39 is 17.7 Å².